The molecule has 0 amide bonds. The maximum atomic E-state index is 10.3. The lowest BCUT2D eigenvalue weighted by atomic mass is 10.3. The van der Waals surface area contributed by atoms with Crippen molar-refractivity contribution in [1.82, 2.24) is 16.0 Å². The molecule has 0 spiro atoms. The average molecular weight is 412 g/mol. The Labute approximate surface area is 159 Å². The largest absolute Gasteiger partial charge is 0.480 e. The van der Waals surface area contributed by atoms with Crippen molar-refractivity contribution in [3.63, 3.8) is 0 Å². The summed E-state index contributed by atoms with van der Waals surface area (Å²) in [6.07, 6.45) is 0. The van der Waals surface area contributed by atoms with Crippen LogP contribution in [0.3, 0.4) is 0 Å². The maximum Gasteiger partial charge on any atom is 0.323 e. The van der Waals surface area contributed by atoms with Gasteiger partial charge in [0.2, 0.25) is 0 Å². The summed E-state index contributed by atoms with van der Waals surface area (Å²) in [4.78, 5) is 30.6. The van der Waals surface area contributed by atoms with Gasteiger partial charge in [0, 0.05) is 36.2 Å². The van der Waals surface area contributed by atoms with Gasteiger partial charge in [-0.2, -0.15) is 11.8 Å². The van der Waals surface area contributed by atoms with Crippen molar-refractivity contribution < 1.29 is 34.4 Å². The van der Waals surface area contributed by atoms with Crippen LogP contribution in [0.15, 0.2) is 0 Å². The predicted octanol–water partition coefficient (Wildman–Crippen LogP) is -1.43. The molecular weight excluding hydrogens is 386 g/mol. The molecule has 3 rings (SSSR count). The normalized spacial score (nSPS) is 27.9. The molecule has 0 aromatic carbocycles. The third kappa shape index (κ3) is 9.59. The number of hydrogen-bond donors (Lipinski definition) is 6. The molecule has 0 unspecified atom stereocenters. The fraction of sp³-hybridized carbons (Fsp3) is 0.786. The fourth-order valence-electron chi connectivity index (χ4n) is 2.00. The number of carboxylic acids is 3. The minimum Gasteiger partial charge on any atom is -0.480 e. The SMILES string of the molecule is O=C(O)[C@@H]1COCCN1.O=C(O)[C@@H]1CSCCN1.O=C(O)[C@@H]1CSCN1. The molecule has 3 atom stereocenters. The van der Waals surface area contributed by atoms with Crippen molar-refractivity contribution >= 4 is 41.4 Å². The number of rotatable bonds is 3. The van der Waals surface area contributed by atoms with Crippen molar-refractivity contribution in [3.8, 4) is 0 Å². The van der Waals surface area contributed by atoms with E-state index in [4.69, 9.17) is 20.1 Å². The van der Waals surface area contributed by atoms with Gasteiger partial charge in [0.05, 0.1) is 13.2 Å². The van der Waals surface area contributed by atoms with E-state index in [0.29, 0.717) is 24.7 Å². The van der Waals surface area contributed by atoms with Crippen molar-refractivity contribution in [2.75, 3.05) is 49.4 Å². The molecule has 3 saturated heterocycles. The zero-order valence-corrected chi connectivity index (χ0v) is 15.8. The number of morpholine rings is 1. The van der Waals surface area contributed by atoms with E-state index < -0.39 is 23.9 Å². The zero-order valence-electron chi connectivity index (χ0n) is 14.2. The van der Waals surface area contributed by atoms with Gasteiger partial charge in [0.1, 0.15) is 18.1 Å². The molecule has 6 N–H and O–H groups in total. The van der Waals surface area contributed by atoms with E-state index in [1.54, 1.807) is 23.5 Å². The van der Waals surface area contributed by atoms with E-state index in [0.717, 1.165) is 18.2 Å². The first kappa shape index (κ1) is 23.0. The number of hydrogen-bond acceptors (Lipinski definition) is 9. The summed E-state index contributed by atoms with van der Waals surface area (Å²) in [5.74, 6) is 0.901. The number of ether oxygens (including phenoxy) is 1. The summed E-state index contributed by atoms with van der Waals surface area (Å²) in [6, 6.07) is -1.12. The summed E-state index contributed by atoms with van der Waals surface area (Å²) < 4.78 is 4.90. The fourth-order valence-corrected chi connectivity index (χ4v) is 3.86. The molecule has 3 aliphatic heterocycles. The van der Waals surface area contributed by atoms with Crippen LogP contribution in [0.5, 0.6) is 0 Å². The molecule has 0 radical (unpaired) electrons. The van der Waals surface area contributed by atoms with E-state index in [1.165, 1.54) is 0 Å². The van der Waals surface area contributed by atoms with Gasteiger partial charge in [0.25, 0.3) is 0 Å². The summed E-state index contributed by atoms with van der Waals surface area (Å²) in [5.41, 5.74) is 0. The van der Waals surface area contributed by atoms with E-state index in [-0.39, 0.29) is 18.7 Å². The Hall–Kier alpha value is -1.05. The van der Waals surface area contributed by atoms with Gasteiger partial charge < -0.3 is 30.7 Å². The highest BCUT2D eigenvalue weighted by molar-refractivity contribution is 7.99. The van der Waals surface area contributed by atoms with Gasteiger partial charge in [0.15, 0.2) is 0 Å². The third-order valence-corrected chi connectivity index (χ3v) is 5.46. The second-order valence-corrected chi connectivity index (χ2v) is 7.63. The van der Waals surface area contributed by atoms with Crippen LogP contribution >= 0.6 is 23.5 Å². The Morgan fingerprint density at radius 3 is 1.69 bits per heavy atom. The monoisotopic (exact) mass is 411 g/mol. The first-order chi connectivity index (χ1) is 12.4. The van der Waals surface area contributed by atoms with Crippen molar-refractivity contribution in [2.24, 2.45) is 0 Å². The minimum absolute atomic E-state index is 0.287. The topological polar surface area (TPSA) is 157 Å². The zero-order chi connectivity index (χ0) is 19.4. The van der Waals surface area contributed by atoms with Gasteiger partial charge >= 0.3 is 17.9 Å². The van der Waals surface area contributed by atoms with E-state index in [1.807, 2.05) is 0 Å². The van der Waals surface area contributed by atoms with Crippen LogP contribution in [0.2, 0.25) is 0 Å². The van der Waals surface area contributed by atoms with Crippen LogP contribution in [-0.4, -0.2) is 101 Å². The number of aliphatic carboxylic acids is 3. The molecule has 0 aliphatic carbocycles. The highest BCUT2D eigenvalue weighted by atomic mass is 32.2. The lowest BCUT2D eigenvalue weighted by Crippen LogP contribution is -2.46. The van der Waals surface area contributed by atoms with Crippen LogP contribution in [0.25, 0.3) is 0 Å². The molecule has 10 nitrogen and oxygen atoms in total. The molecule has 12 heteroatoms. The van der Waals surface area contributed by atoms with E-state index >= 15 is 0 Å². The van der Waals surface area contributed by atoms with Crippen LogP contribution in [0, 0.1) is 0 Å². The van der Waals surface area contributed by atoms with Gasteiger partial charge in [-0.05, 0) is 0 Å². The number of carbonyl (C=O) groups is 3. The van der Waals surface area contributed by atoms with Crippen LogP contribution < -0.4 is 16.0 Å². The second-order valence-electron chi connectivity index (χ2n) is 5.45. The van der Waals surface area contributed by atoms with Crippen molar-refractivity contribution in [2.45, 2.75) is 18.1 Å². The Morgan fingerprint density at radius 1 is 0.808 bits per heavy atom. The van der Waals surface area contributed by atoms with Crippen LogP contribution in [0.1, 0.15) is 0 Å². The van der Waals surface area contributed by atoms with E-state index in [2.05, 4.69) is 16.0 Å². The molecule has 3 aliphatic rings. The summed E-state index contributed by atoms with van der Waals surface area (Å²) >= 11 is 3.31. The maximum absolute atomic E-state index is 10.3. The molecule has 0 bridgehead atoms. The van der Waals surface area contributed by atoms with E-state index in [9.17, 15) is 14.4 Å². The molecule has 3 fully saturated rings. The number of carboxylic acid groups (broad SMARTS) is 3. The first-order valence-electron chi connectivity index (χ1n) is 8.03. The quantitative estimate of drug-likeness (QED) is 0.322. The molecule has 0 aromatic rings. The molecule has 0 saturated carbocycles. The molecule has 26 heavy (non-hydrogen) atoms. The van der Waals surface area contributed by atoms with Crippen molar-refractivity contribution in [3.05, 3.63) is 0 Å². The van der Waals surface area contributed by atoms with Crippen molar-refractivity contribution in [1.29, 1.82) is 0 Å². The van der Waals surface area contributed by atoms with Crippen LogP contribution in [-0.2, 0) is 19.1 Å². The smallest absolute Gasteiger partial charge is 0.323 e. The highest BCUT2D eigenvalue weighted by Gasteiger charge is 2.21. The average Bonchev–Trinajstić information content (AvgIpc) is 3.19. The summed E-state index contributed by atoms with van der Waals surface area (Å²) in [5, 5.41) is 33.7. The van der Waals surface area contributed by atoms with Gasteiger partial charge in [-0.25, -0.2) is 0 Å². The lowest BCUT2D eigenvalue weighted by Gasteiger charge is -2.19. The molecular formula is C14H25N3O7S2. The Morgan fingerprint density at radius 2 is 1.38 bits per heavy atom. The second kappa shape index (κ2) is 13.2. The Bertz CT molecular complexity index is 424. The summed E-state index contributed by atoms with van der Waals surface area (Å²) in [6.45, 7) is 2.36. The summed E-state index contributed by atoms with van der Waals surface area (Å²) in [7, 11) is 0. The standard InChI is InChI=1S/C5H9NO3.C5H9NO2S.C4H7NO2S/c2*7-5(8)4-3-9-2-1-6-4;6-4(7)3-1-8-2-5-3/h2*4,6H,1-3H2,(H,7,8);3,5H,1-2H2,(H,6,7)/t2*4-;3-/m000/s1. The minimum atomic E-state index is -0.838. The Balaban J connectivity index is 0.000000195. The molecule has 150 valence electrons. The van der Waals surface area contributed by atoms with Gasteiger partial charge in [-0.3, -0.25) is 19.7 Å². The highest BCUT2D eigenvalue weighted by Crippen LogP contribution is 2.08. The van der Waals surface area contributed by atoms with Gasteiger partial charge in [-0.1, -0.05) is 0 Å². The number of nitrogens with one attached hydrogen (secondary N) is 3. The lowest BCUT2D eigenvalue weighted by molar-refractivity contribution is -0.142. The first-order valence-corrected chi connectivity index (χ1v) is 10.3. The predicted molar refractivity (Wildman–Crippen MR) is 98.9 cm³/mol. The third-order valence-electron chi connectivity index (χ3n) is 3.45. The van der Waals surface area contributed by atoms with Gasteiger partial charge in [-0.15, -0.1) is 11.8 Å². The molecule has 3 heterocycles. The Kier molecular flexibility index (Phi) is 11.6. The number of thioether (sulfide) groups is 2. The molecule has 0 aromatic heterocycles. The van der Waals surface area contributed by atoms with Crippen LogP contribution in [0.4, 0.5) is 0 Å².